The lowest BCUT2D eigenvalue weighted by Crippen LogP contribution is -2.68. The molecule has 0 aliphatic heterocycles. The minimum absolute atomic E-state index is 1.70. The smallest absolute Gasteiger partial charge is 0.222 e. The molecule has 7 heteroatoms. The molecular weight excluding hydrogens is 194 g/mol. The van der Waals surface area contributed by atoms with Crippen LogP contribution in [0.25, 0.3) is 0 Å². The zero-order valence-corrected chi connectivity index (χ0v) is 7.17. The number of halogens is 1. The van der Waals surface area contributed by atoms with E-state index >= 15 is 0 Å². The van der Waals surface area contributed by atoms with Crippen LogP contribution < -0.4 is 23.2 Å². The SMILES string of the molecule is C[n+]1ccsc1.[O-][Cl+3]([O-])([O-])[O-]. The number of hydrogen-bond donors (Lipinski definition) is 0. The molecule has 0 amide bonds. The minimum Gasteiger partial charge on any atom is -0.222 e. The van der Waals surface area contributed by atoms with Crippen molar-refractivity contribution in [1.29, 1.82) is 0 Å². The molecule has 1 heterocycles. The first-order valence-corrected chi connectivity index (χ1v) is 4.56. The van der Waals surface area contributed by atoms with Gasteiger partial charge in [0.2, 0.25) is 5.51 Å². The van der Waals surface area contributed by atoms with Gasteiger partial charge < -0.3 is 0 Å². The van der Waals surface area contributed by atoms with Crippen molar-refractivity contribution < 1.29 is 33.4 Å². The third kappa shape index (κ3) is 12.9. The van der Waals surface area contributed by atoms with Crippen LogP contribution in [0.1, 0.15) is 0 Å². The van der Waals surface area contributed by atoms with Crippen LogP contribution in [0.5, 0.6) is 0 Å². The number of hydrogen-bond acceptors (Lipinski definition) is 5. The van der Waals surface area contributed by atoms with E-state index in [2.05, 4.69) is 0 Å². The monoisotopic (exact) mass is 199 g/mol. The predicted octanol–water partition coefficient (Wildman–Crippen LogP) is -4.18. The van der Waals surface area contributed by atoms with Crippen LogP contribution in [-0.2, 0) is 7.05 Å². The molecule has 0 saturated carbocycles. The Bertz CT molecular complexity index is 178. The maximum atomic E-state index is 8.49. The van der Waals surface area contributed by atoms with Crippen LogP contribution in [0, 0.1) is 10.2 Å². The van der Waals surface area contributed by atoms with Crippen molar-refractivity contribution in [3.8, 4) is 0 Å². The summed E-state index contributed by atoms with van der Waals surface area (Å²) in [6, 6.07) is 0. The summed E-state index contributed by atoms with van der Waals surface area (Å²) in [6.07, 6.45) is 2.02. The Hall–Kier alpha value is -0.240. The summed E-state index contributed by atoms with van der Waals surface area (Å²) in [7, 11) is -2.93. The van der Waals surface area contributed by atoms with E-state index in [4.69, 9.17) is 18.6 Å². The Morgan fingerprint density at radius 1 is 1.27 bits per heavy atom. The van der Waals surface area contributed by atoms with Gasteiger partial charge >= 0.3 is 0 Å². The number of aromatic nitrogens is 1. The summed E-state index contributed by atoms with van der Waals surface area (Å²) in [6.45, 7) is 0. The lowest BCUT2D eigenvalue weighted by Gasteiger charge is -2.17. The van der Waals surface area contributed by atoms with Gasteiger partial charge in [-0.1, -0.05) is 11.3 Å². The molecule has 0 bridgehead atoms. The summed E-state index contributed by atoms with van der Waals surface area (Å²) in [5.41, 5.74) is 2.04. The van der Waals surface area contributed by atoms with Gasteiger partial charge in [0.05, 0.1) is 5.38 Å². The van der Waals surface area contributed by atoms with Crippen molar-refractivity contribution in [2.75, 3.05) is 0 Å². The molecule has 0 saturated heterocycles. The van der Waals surface area contributed by atoms with Crippen molar-refractivity contribution in [1.82, 2.24) is 0 Å². The second-order valence-corrected chi connectivity index (χ2v) is 3.08. The molecule has 0 aromatic carbocycles. The van der Waals surface area contributed by atoms with E-state index in [0.717, 1.165) is 0 Å². The number of thiazole rings is 1. The molecule has 0 aliphatic rings. The Morgan fingerprint density at radius 3 is 1.82 bits per heavy atom. The van der Waals surface area contributed by atoms with E-state index in [9.17, 15) is 0 Å². The quantitative estimate of drug-likeness (QED) is 0.396. The number of nitrogens with zero attached hydrogens (tertiary/aromatic N) is 1. The Morgan fingerprint density at radius 2 is 1.73 bits per heavy atom. The number of rotatable bonds is 0. The molecule has 1 aromatic rings. The molecule has 1 rings (SSSR count). The molecule has 0 atom stereocenters. The average molecular weight is 200 g/mol. The molecule has 1 aromatic heterocycles. The summed E-state index contributed by atoms with van der Waals surface area (Å²) >= 11 is 1.70. The highest BCUT2D eigenvalue weighted by atomic mass is 35.7. The first-order chi connectivity index (χ1) is 4.89. The second-order valence-electron chi connectivity index (χ2n) is 1.57. The van der Waals surface area contributed by atoms with Gasteiger partial charge in [-0.15, -0.1) is 10.2 Å². The first-order valence-electron chi connectivity index (χ1n) is 2.39. The molecule has 0 aliphatic carbocycles. The average Bonchev–Trinajstić information content (AvgIpc) is 2.12. The van der Waals surface area contributed by atoms with Crippen LogP contribution in [0.4, 0.5) is 0 Å². The van der Waals surface area contributed by atoms with E-state index in [-0.39, 0.29) is 0 Å². The fraction of sp³-hybridized carbons (Fsp3) is 0.250. The maximum Gasteiger partial charge on any atom is 0.224 e. The highest BCUT2D eigenvalue weighted by molar-refractivity contribution is 7.07. The molecule has 0 radical (unpaired) electrons. The molecule has 64 valence electrons. The van der Waals surface area contributed by atoms with E-state index < -0.39 is 10.2 Å². The zero-order chi connectivity index (χ0) is 8.91. The minimum atomic E-state index is -4.94. The van der Waals surface area contributed by atoms with Gasteiger partial charge in [0.1, 0.15) is 7.05 Å². The Balaban J connectivity index is 0.000000187. The molecule has 5 nitrogen and oxygen atoms in total. The topological polar surface area (TPSA) is 96.1 Å². The van der Waals surface area contributed by atoms with Gasteiger partial charge in [0.15, 0.2) is 6.20 Å². The summed E-state index contributed by atoms with van der Waals surface area (Å²) in [5.74, 6) is 0. The number of aryl methyl sites for hydroxylation is 1. The largest absolute Gasteiger partial charge is 0.224 e. The first kappa shape index (κ1) is 10.8. The predicted molar refractivity (Wildman–Crippen MR) is 25.5 cm³/mol. The van der Waals surface area contributed by atoms with Crippen LogP contribution in [0.15, 0.2) is 17.1 Å². The van der Waals surface area contributed by atoms with Crippen molar-refractivity contribution in [3.63, 3.8) is 0 Å². The fourth-order valence-corrected chi connectivity index (χ4v) is 0.892. The summed E-state index contributed by atoms with van der Waals surface area (Å²) in [5, 5.41) is 2.04. The molecule has 0 fully saturated rings. The summed E-state index contributed by atoms with van der Waals surface area (Å²) < 4.78 is 36.0. The normalized spacial score (nSPS) is 10.3. The molecule has 0 unspecified atom stereocenters. The van der Waals surface area contributed by atoms with Crippen molar-refractivity contribution in [2.24, 2.45) is 7.05 Å². The highest BCUT2D eigenvalue weighted by Gasteiger charge is 1.84. The fourth-order valence-electron chi connectivity index (χ4n) is 0.297. The van der Waals surface area contributed by atoms with Gasteiger partial charge in [-0.3, -0.25) is 0 Å². The van der Waals surface area contributed by atoms with Gasteiger partial charge in [-0.25, -0.2) is 18.6 Å². The lowest BCUT2D eigenvalue weighted by molar-refractivity contribution is -2.00. The van der Waals surface area contributed by atoms with Gasteiger partial charge in [-0.2, -0.15) is 4.57 Å². The molecule has 11 heavy (non-hydrogen) atoms. The summed E-state index contributed by atoms with van der Waals surface area (Å²) in [4.78, 5) is 0. The second kappa shape index (κ2) is 4.60. The van der Waals surface area contributed by atoms with Crippen molar-refractivity contribution in [2.45, 2.75) is 0 Å². The maximum absolute atomic E-state index is 8.49. The molecule has 0 N–H and O–H groups in total. The zero-order valence-electron chi connectivity index (χ0n) is 5.60. The third-order valence-corrected chi connectivity index (χ3v) is 1.33. The molecule has 0 spiro atoms. The lowest BCUT2D eigenvalue weighted by atomic mass is 10.9. The Labute approximate surface area is 69.5 Å². The standard InChI is InChI=1S/C4H6NS.ClHO4/c1-5-2-3-6-4-5;2-1(3,4)5/h2-4H,1H3;(H,2,3,4,5)/q+1;/p-1. The van der Waals surface area contributed by atoms with E-state index in [0.29, 0.717) is 0 Å². The van der Waals surface area contributed by atoms with Crippen LogP contribution >= 0.6 is 11.3 Å². The van der Waals surface area contributed by atoms with Crippen LogP contribution in [0.2, 0.25) is 0 Å². The van der Waals surface area contributed by atoms with Crippen LogP contribution in [0.3, 0.4) is 0 Å². The van der Waals surface area contributed by atoms with E-state index in [1.54, 1.807) is 11.3 Å². The van der Waals surface area contributed by atoms with Crippen molar-refractivity contribution >= 4 is 11.3 Å². The molecular formula is C4H6ClNO4S. The van der Waals surface area contributed by atoms with E-state index in [1.807, 2.05) is 28.7 Å². The van der Waals surface area contributed by atoms with Crippen LogP contribution in [-0.4, -0.2) is 0 Å². The highest BCUT2D eigenvalue weighted by Crippen LogP contribution is 1.83. The van der Waals surface area contributed by atoms with Crippen molar-refractivity contribution in [3.05, 3.63) is 17.1 Å². The van der Waals surface area contributed by atoms with E-state index in [1.165, 1.54) is 0 Å². The Kier molecular flexibility index (Phi) is 4.50. The van der Waals surface area contributed by atoms with Gasteiger partial charge in [0.25, 0.3) is 0 Å². The van der Waals surface area contributed by atoms with Gasteiger partial charge in [-0.05, 0) is 0 Å². The van der Waals surface area contributed by atoms with Gasteiger partial charge in [0, 0.05) is 0 Å². The third-order valence-electron chi connectivity index (χ3n) is 0.602.